The molecule has 0 radical (unpaired) electrons. The molecule has 74 heavy (non-hydrogen) atoms. The predicted molar refractivity (Wildman–Crippen MR) is 290 cm³/mol. The fourth-order valence-electron chi connectivity index (χ4n) is 9.66. The number of nitriles is 2. The van der Waals surface area contributed by atoms with Crippen LogP contribution in [0, 0.1) is 22.7 Å². The molecule has 0 spiro atoms. The van der Waals surface area contributed by atoms with Crippen LogP contribution in [-0.4, -0.2) is 74.5 Å². The molecule has 14 nitrogen and oxygen atoms in total. The second kappa shape index (κ2) is 20.1. The van der Waals surface area contributed by atoms with E-state index in [9.17, 15) is 10.5 Å². The Labute approximate surface area is 445 Å². The molecule has 5 aromatic carbocycles. The van der Waals surface area contributed by atoms with Crippen molar-refractivity contribution in [3.8, 4) is 52.1 Å². The lowest BCUT2D eigenvalue weighted by atomic mass is 10.00. The quantitative estimate of drug-likeness (QED) is 0.0796. The number of benzene rings is 5. The van der Waals surface area contributed by atoms with Crippen LogP contribution in [0.15, 0.2) is 109 Å². The molecule has 11 rings (SSSR count). The lowest BCUT2D eigenvalue weighted by Crippen LogP contribution is -2.45. The van der Waals surface area contributed by atoms with Crippen molar-refractivity contribution in [3.63, 3.8) is 0 Å². The Kier molecular flexibility index (Phi) is 13.3. The van der Waals surface area contributed by atoms with Crippen molar-refractivity contribution in [1.82, 2.24) is 33.8 Å². The summed E-state index contributed by atoms with van der Waals surface area (Å²) in [7, 11) is -2.40. The fraction of sp³-hybridized carbons (Fsp3) is 0.185. The highest BCUT2D eigenvalue weighted by Crippen LogP contribution is 2.41. The van der Waals surface area contributed by atoms with E-state index < -0.39 is 14.5 Å². The Morgan fingerprint density at radius 1 is 0.635 bits per heavy atom. The van der Waals surface area contributed by atoms with Crippen LogP contribution in [0.4, 0.5) is 0 Å². The van der Waals surface area contributed by atoms with Gasteiger partial charge in [0.25, 0.3) is 0 Å². The van der Waals surface area contributed by atoms with E-state index in [4.69, 9.17) is 89.7 Å². The summed E-state index contributed by atoms with van der Waals surface area (Å²) >= 11 is 26.0. The third-order valence-electron chi connectivity index (χ3n) is 13.0. The minimum atomic E-state index is -1.23. The van der Waals surface area contributed by atoms with Crippen LogP contribution >= 0.6 is 46.4 Å². The number of halogens is 4. The van der Waals surface area contributed by atoms with Crippen LogP contribution in [0.5, 0.6) is 28.7 Å². The number of aromatic nitrogens is 6. The van der Waals surface area contributed by atoms with Crippen LogP contribution in [0.3, 0.4) is 0 Å². The highest BCUT2D eigenvalue weighted by molar-refractivity contribution is 6.49. The number of rotatable bonds is 13. The highest BCUT2D eigenvalue weighted by Gasteiger charge is 2.45. The molecule has 4 aromatic heterocycles. The van der Waals surface area contributed by atoms with Gasteiger partial charge in [-0.3, -0.25) is 9.97 Å². The van der Waals surface area contributed by atoms with E-state index in [1.54, 1.807) is 24.3 Å². The summed E-state index contributed by atoms with van der Waals surface area (Å²) < 4.78 is 37.2. The molecule has 0 atom stereocenters. The average Bonchev–Trinajstić information content (AvgIpc) is 4.22. The minimum Gasteiger partial charge on any atom is -0.503 e. The van der Waals surface area contributed by atoms with Crippen LogP contribution in [0.2, 0.25) is 20.1 Å². The van der Waals surface area contributed by atoms with E-state index in [0.717, 1.165) is 26.1 Å². The molecule has 0 N–H and O–H groups in total. The van der Waals surface area contributed by atoms with Crippen molar-refractivity contribution in [3.05, 3.63) is 157 Å². The maximum absolute atomic E-state index is 11.8. The number of hydrogen-bond donors (Lipinski definition) is 0. The summed E-state index contributed by atoms with van der Waals surface area (Å²) in [6.07, 6.45) is 3.84. The molecule has 9 aromatic rings. The summed E-state index contributed by atoms with van der Waals surface area (Å²) in [5.41, 5.74) is 4.05. The van der Waals surface area contributed by atoms with E-state index in [2.05, 4.69) is 30.9 Å². The van der Waals surface area contributed by atoms with Gasteiger partial charge in [-0.2, -0.15) is 10.5 Å². The Balaban J connectivity index is 1.32. The third-order valence-corrected chi connectivity index (χ3v) is 14.5. The van der Waals surface area contributed by atoms with E-state index in [-0.39, 0.29) is 38.5 Å². The molecule has 0 bridgehead atoms. The molecular weight excluding hydrogens is 1020 g/mol. The number of ether oxygens (including phenoxy) is 1. The van der Waals surface area contributed by atoms with Gasteiger partial charge in [-0.25, -0.2) is 9.97 Å². The zero-order valence-electron chi connectivity index (χ0n) is 40.2. The Morgan fingerprint density at radius 2 is 1.11 bits per heavy atom. The average molecular weight is 1060 g/mol. The first kappa shape index (κ1) is 48.8. The molecule has 0 fully saturated rings. The van der Waals surface area contributed by atoms with Crippen molar-refractivity contribution in [2.24, 2.45) is 0 Å². The molecule has 0 amide bonds. The van der Waals surface area contributed by atoms with Gasteiger partial charge in [0.1, 0.15) is 63.4 Å². The second-order valence-corrected chi connectivity index (χ2v) is 19.4. The van der Waals surface area contributed by atoms with Gasteiger partial charge in [-0.1, -0.05) is 110 Å². The smallest absolute Gasteiger partial charge is 0.503 e. The zero-order chi connectivity index (χ0) is 51.4. The lowest BCUT2D eigenvalue weighted by Gasteiger charge is -2.18. The topological polar surface area (TPSA) is 158 Å². The van der Waals surface area contributed by atoms with Crippen LogP contribution in [0.1, 0.15) is 57.1 Å². The fourth-order valence-corrected chi connectivity index (χ4v) is 10.3. The van der Waals surface area contributed by atoms with Crippen molar-refractivity contribution >= 4 is 105 Å². The summed E-state index contributed by atoms with van der Waals surface area (Å²) in [4.78, 5) is 21.9. The predicted octanol–water partition coefficient (Wildman–Crippen LogP) is 10.9. The van der Waals surface area contributed by atoms with Gasteiger partial charge in [0, 0.05) is 28.6 Å². The minimum absolute atomic E-state index is 0.0892. The molecule has 0 saturated heterocycles. The van der Waals surface area contributed by atoms with Gasteiger partial charge in [0.15, 0.2) is 0 Å². The largest absolute Gasteiger partial charge is 0.743 e. The molecule has 2 aliphatic heterocycles. The molecule has 0 unspecified atom stereocenters. The first-order chi connectivity index (χ1) is 36.0. The lowest BCUT2D eigenvalue weighted by molar-refractivity contribution is 0.249. The monoisotopic (exact) mass is 1060 g/mol. The maximum atomic E-state index is 11.8. The van der Waals surface area contributed by atoms with Gasteiger partial charge in [0.2, 0.25) is 0 Å². The number of hydrogen-bond acceptors (Lipinski definition) is 12. The summed E-state index contributed by atoms with van der Waals surface area (Å²) in [6, 6.07) is 33.9. The van der Waals surface area contributed by atoms with Crippen molar-refractivity contribution < 1.29 is 23.4 Å². The SMILES string of the molecule is CCN(CC)CCCOc1cccc(-c2c3/c(=C(\C#N)c4cnc5cc(Cl)c(Cl)cc5n4)n(B4Oc5ccccc5O4)c(C(C)C)c3/c(=C(\C#N)c3cnc4cc(Cl)c(Cl)cc4n3)n2B2Oc3ccccc3O2)c1. The van der Waals surface area contributed by atoms with Crippen molar-refractivity contribution in [2.45, 2.75) is 40.0 Å². The van der Waals surface area contributed by atoms with Crippen LogP contribution < -0.4 is 34.1 Å². The molecule has 0 saturated carbocycles. The standard InChI is InChI=1S/C54H41B2Cl4N9O5/c1-5-67(6-2)19-12-20-70-32-14-11-13-31(21-32)52-50-49(53(69(52)56-73-47-17-9-10-18-48(47)74-56)33(26-61)43-28-63-39-22-35(57)37(59)24-41(39)65-43)51(30(3)4)68(55-71-45-15-7-8-16-46(45)72-55)54(50)34(27-62)44-29-64-40-23-36(58)38(60)25-42(40)66-44/h7-11,13-18,21-25,28-30H,5-6,12,19-20H2,1-4H3/b53-33-,54-34-. The van der Waals surface area contributed by atoms with Gasteiger partial charge in [-0.05, 0) is 86.1 Å². The van der Waals surface area contributed by atoms with Gasteiger partial charge < -0.3 is 37.2 Å². The number of fused-ring (bicyclic) bond motifs is 5. The number of nitrogens with zero attached hydrogens (tertiary/aromatic N) is 9. The van der Waals surface area contributed by atoms with E-state index in [1.807, 2.05) is 95.6 Å². The van der Waals surface area contributed by atoms with E-state index in [0.29, 0.717) is 106 Å². The van der Waals surface area contributed by atoms with Crippen LogP contribution in [0.25, 0.3) is 55.2 Å². The molecule has 2 aliphatic rings. The molecule has 6 heterocycles. The van der Waals surface area contributed by atoms with Gasteiger partial charge in [-0.15, -0.1) is 0 Å². The van der Waals surface area contributed by atoms with Crippen molar-refractivity contribution in [1.29, 1.82) is 10.5 Å². The van der Waals surface area contributed by atoms with Crippen molar-refractivity contribution in [2.75, 3.05) is 26.2 Å². The first-order valence-corrected chi connectivity index (χ1v) is 25.4. The Morgan fingerprint density at radius 3 is 1.58 bits per heavy atom. The second-order valence-electron chi connectivity index (χ2n) is 17.8. The van der Waals surface area contributed by atoms with Gasteiger partial charge >= 0.3 is 14.5 Å². The summed E-state index contributed by atoms with van der Waals surface area (Å²) in [5, 5.41) is 26.4. The molecule has 0 aliphatic carbocycles. The Bertz CT molecular complexity index is 3800. The first-order valence-electron chi connectivity index (χ1n) is 23.9. The zero-order valence-corrected chi connectivity index (χ0v) is 43.3. The van der Waals surface area contributed by atoms with E-state index >= 15 is 0 Å². The van der Waals surface area contributed by atoms with Gasteiger partial charge in [0.05, 0.1) is 77.6 Å². The highest BCUT2D eigenvalue weighted by atomic mass is 35.5. The summed E-state index contributed by atoms with van der Waals surface area (Å²) in [5.74, 6) is 2.16. The molecule has 20 heteroatoms. The molecule has 366 valence electrons. The maximum Gasteiger partial charge on any atom is 0.743 e. The van der Waals surface area contributed by atoms with Crippen LogP contribution in [-0.2, 0) is 0 Å². The Hall–Kier alpha value is -7.43. The van der Waals surface area contributed by atoms with E-state index in [1.165, 1.54) is 12.4 Å². The normalized spacial score (nSPS) is 13.6. The molecular formula is C54H41B2Cl4N9O5. The summed E-state index contributed by atoms with van der Waals surface area (Å²) in [6.45, 7) is 11.5. The number of para-hydroxylation sites is 4. The third kappa shape index (κ3) is 8.66.